The summed E-state index contributed by atoms with van der Waals surface area (Å²) in [7, 11) is 0. The largest absolute Gasteiger partial charge is 0.237 e. The molecule has 0 fully saturated rings. The minimum Gasteiger partial charge on any atom is -0.237 e. The SMILES string of the molecule is C(=C\c1nc2ccccc2s1)/c1nc2ccccc2s1. The molecule has 0 aliphatic rings. The first-order valence-corrected chi connectivity index (χ1v) is 7.91. The van der Waals surface area contributed by atoms with Crippen LogP contribution in [-0.4, -0.2) is 9.97 Å². The van der Waals surface area contributed by atoms with Crippen molar-refractivity contribution in [3.8, 4) is 0 Å². The van der Waals surface area contributed by atoms with E-state index in [0.29, 0.717) is 0 Å². The number of thiazole rings is 2. The fourth-order valence-electron chi connectivity index (χ4n) is 2.07. The summed E-state index contributed by atoms with van der Waals surface area (Å²) in [5.74, 6) is 0. The van der Waals surface area contributed by atoms with Crippen molar-refractivity contribution in [3.05, 3.63) is 58.5 Å². The first-order valence-electron chi connectivity index (χ1n) is 6.28. The Balaban J connectivity index is 1.70. The van der Waals surface area contributed by atoms with Crippen molar-refractivity contribution in [2.75, 3.05) is 0 Å². The molecule has 0 atom stereocenters. The minimum atomic E-state index is 1.02. The maximum Gasteiger partial charge on any atom is 0.117 e. The van der Waals surface area contributed by atoms with Crippen LogP contribution in [0.5, 0.6) is 0 Å². The Kier molecular flexibility index (Phi) is 2.83. The molecule has 4 aromatic rings. The molecule has 0 bridgehead atoms. The van der Waals surface area contributed by atoms with Crippen LogP contribution in [0.1, 0.15) is 10.0 Å². The Morgan fingerprint density at radius 1 is 0.650 bits per heavy atom. The first kappa shape index (κ1) is 11.8. The summed E-state index contributed by atoms with van der Waals surface area (Å²) >= 11 is 3.40. The van der Waals surface area contributed by atoms with Crippen LogP contribution in [0.2, 0.25) is 0 Å². The van der Waals surface area contributed by atoms with Gasteiger partial charge in [0.1, 0.15) is 10.0 Å². The number of rotatable bonds is 2. The quantitative estimate of drug-likeness (QED) is 0.515. The Labute approximate surface area is 124 Å². The Morgan fingerprint density at radius 3 is 1.55 bits per heavy atom. The highest BCUT2D eigenvalue weighted by Gasteiger charge is 2.02. The third-order valence-electron chi connectivity index (χ3n) is 2.99. The molecule has 2 aromatic heterocycles. The average Bonchev–Trinajstić information content (AvgIpc) is 3.07. The molecule has 0 amide bonds. The molecule has 0 saturated carbocycles. The standard InChI is InChI=1S/C16H10N2S2/c1-3-7-13-11(5-1)17-15(19-13)9-10-16-18-12-6-2-4-8-14(12)20-16/h1-10H/b10-9+. The zero-order valence-corrected chi connectivity index (χ0v) is 12.1. The highest BCUT2D eigenvalue weighted by molar-refractivity contribution is 7.20. The van der Waals surface area contributed by atoms with Crippen LogP contribution in [0.4, 0.5) is 0 Å². The van der Waals surface area contributed by atoms with Crippen molar-refractivity contribution < 1.29 is 0 Å². The van der Waals surface area contributed by atoms with Gasteiger partial charge in [0.2, 0.25) is 0 Å². The van der Waals surface area contributed by atoms with E-state index >= 15 is 0 Å². The van der Waals surface area contributed by atoms with Crippen LogP contribution in [-0.2, 0) is 0 Å². The van der Waals surface area contributed by atoms with Crippen LogP contribution < -0.4 is 0 Å². The number of aromatic nitrogens is 2. The van der Waals surface area contributed by atoms with Gasteiger partial charge in [-0.05, 0) is 36.4 Å². The Morgan fingerprint density at radius 2 is 1.10 bits per heavy atom. The number of nitrogens with zero attached hydrogens (tertiary/aromatic N) is 2. The molecule has 0 aliphatic carbocycles. The summed E-state index contributed by atoms with van der Waals surface area (Å²) in [5.41, 5.74) is 2.11. The van der Waals surface area contributed by atoms with Crippen LogP contribution in [0, 0.1) is 0 Å². The van der Waals surface area contributed by atoms with E-state index < -0.39 is 0 Å². The normalized spacial score (nSPS) is 11.8. The first-order chi connectivity index (χ1) is 9.88. The molecular weight excluding hydrogens is 284 g/mol. The van der Waals surface area contributed by atoms with E-state index in [4.69, 9.17) is 0 Å². The van der Waals surface area contributed by atoms with Gasteiger partial charge in [-0.25, -0.2) is 9.97 Å². The predicted molar refractivity (Wildman–Crippen MR) is 88.2 cm³/mol. The number of hydrogen-bond donors (Lipinski definition) is 0. The molecule has 0 radical (unpaired) electrons. The smallest absolute Gasteiger partial charge is 0.117 e. The van der Waals surface area contributed by atoms with Crippen molar-refractivity contribution >= 4 is 55.3 Å². The van der Waals surface area contributed by atoms with E-state index in [2.05, 4.69) is 22.1 Å². The van der Waals surface area contributed by atoms with Gasteiger partial charge in [-0.1, -0.05) is 24.3 Å². The highest BCUT2D eigenvalue weighted by Crippen LogP contribution is 2.25. The molecule has 96 valence electrons. The van der Waals surface area contributed by atoms with Crippen molar-refractivity contribution in [3.63, 3.8) is 0 Å². The number of para-hydroxylation sites is 2. The maximum absolute atomic E-state index is 4.59. The minimum absolute atomic E-state index is 1.02. The number of hydrogen-bond acceptors (Lipinski definition) is 4. The van der Waals surface area contributed by atoms with Gasteiger partial charge < -0.3 is 0 Å². The lowest BCUT2D eigenvalue weighted by molar-refractivity contribution is 1.45. The average molecular weight is 294 g/mol. The lowest BCUT2D eigenvalue weighted by Gasteiger charge is -1.81. The summed E-state index contributed by atoms with van der Waals surface area (Å²) in [5, 5.41) is 2.04. The van der Waals surface area contributed by atoms with Crippen LogP contribution in [0.25, 0.3) is 32.6 Å². The van der Waals surface area contributed by atoms with E-state index in [0.717, 1.165) is 21.0 Å². The summed E-state index contributed by atoms with van der Waals surface area (Å²) in [6, 6.07) is 16.4. The van der Waals surface area contributed by atoms with Gasteiger partial charge in [0, 0.05) is 0 Å². The second kappa shape index (κ2) is 4.81. The van der Waals surface area contributed by atoms with Gasteiger partial charge in [-0.3, -0.25) is 0 Å². The fourth-order valence-corrected chi connectivity index (χ4v) is 3.81. The third-order valence-corrected chi connectivity index (χ3v) is 4.99. The summed E-state index contributed by atoms with van der Waals surface area (Å²) < 4.78 is 2.44. The molecule has 2 aromatic carbocycles. The predicted octanol–water partition coefficient (Wildman–Crippen LogP) is 5.08. The molecule has 4 heteroatoms. The molecule has 0 unspecified atom stereocenters. The zero-order valence-electron chi connectivity index (χ0n) is 10.5. The summed E-state index contributed by atoms with van der Waals surface area (Å²) in [4.78, 5) is 9.18. The fraction of sp³-hybridized carbons (Fsp3) is 0. The van der Waals surface area contributed by atoms with Gasteiger partial charge in [0.05, 0.1) is 20.4 Å². The van der Waals surface area contributed by atoms with Crippen molar-refractivity contribution in [2.45, 2.75) is 0 Å². The molecule has 0 N–H and O–H groups in total. The van der Waals surface area contributed by atoms with Gasteiger partial charge in [-0.15, -0.1) is 22.7 Å². The van der Waals surface area contributed by atoms with E-state index in [1.165, 1.54) is 9.40 Å². The monoisotopic (exact) mass is 294 g/mol. The van der Waals surface area contributed by atoms with Gasteiger partial charge >= 0.3 is 0 Å². The molecular formula is C16H10N2S2. The Hall–Kier alpha value is -2.04. The van der Waals surface area contributed by atoms with Crippen molar-refractivity contribution in [2.24, 2.45) is 0 Å². The summed E-state index contributed by atoms with van der Waals surface area (Å²) in [6.45, 7) is 0. The van der Waals surface area contributed by atoms with E-state index in [-0.39, 0.29) is 0 Å². The van der Waals surface area contributed by atoms with E-state index in [9.17, 15) is 0 Å². The van der Waals surface area contributed by atoms with E-state index in [1.807, 2.05) is 48.6 Å². The van der Waals surface area contributed by atoms with E-state index in [1.54, 1.807) is 22.7 Å². The zero-order chi connectivity index (χ0) is 13.4. The molecule has 0 aliphatic heterocycles. The molecule has 20 heavy (non-hydrogen) atoms. The topological polar surface area (TPSA) is 25.8 Å². The van der Waals surface area contributed by atoms with Crippen molar-refractivity contribution in [1.29, 1.82) is 0 Å². The molecule has 0 saturated heterocycles. The Bertz CT molecular complexity index is 776. The lowest BCUT2D eigenvalue weighted by atomic mass is 10.3. The van der Waals surface area contributed by atoms with Gasteiger partial charge in [0.25, 0.3) is 0 Å². The van der Waals surface area contributed by atoms with Gasteiger partial charge in [0.15, 0.2) is 0 Å². The van der Waals surface area contributed by atoms with Gasteiger partial charge in [-0.2, -0.15) is 0 Å². The molecule has 2 heterocycles. The lowest BCUT2D eigenvalue weighted by Crippen LogP contribution is -1.70. The third kappa shape index (κ3) is 2.13. The van der Waals surface area contributed by atoms with Crippen molar-refractivity contribution in [1.82, 2.24) is 9.97 Å². The number of benzene rings is 2. The van der Waals surface area contributed by atoms with Crippen LogP contribution >= 0.6 is 22.7 Å². The second-order valence-corrected chi connectivity index (χ2v) is 6.50. The highest BCUT2D eigenvalue weighted by atomic mass is 32.1. The molecule has 4 rings (SSSR count). The number of fused-ring (bicyclic) bond motifs is 2. The summed E-state index contributed by atoms with van der Waals surface area (Å²) in [6.07, 6.45) is 4.09. The molecule has 2 nitrogen and oxygen atoms in total. The van der Waals surface area contributed by atoms with Crippen LogP contribution in [0.3, 0.4) is 0 Å². The van der Waals surface area contributed by atoms with Crippen LogP contribution in [0.15, 0.2) is 48.5 Å². The maximum atomic E-state index is 4.59. The second-order valence-electron chi connectivity index (χ2n) is 4.37. The molecule has 0 spiro atoms.